The Morgan fingerprint density at radius 1 is 0.919 bits per heavy atom. The molecule has 3 aromatic rings. The lowest BCUT2D eigenvalue weighted by atomic mass is 10.0. The number of Topliss-reactive ketones (excluding diaryl/α,β-unsaturated/α-hetero) is 1. The van der Waals surface area contributed by atoms with Gasteiger partial charge in [0.25, 0.3) is 0 Å². The molecule has 0 aliphatic rings. The largest absolute Gasteiger partial charge is 0.480 e. The highest BCUT2D eigenvalue weighted by atomic mass is 16.5. The molecule has 0 radical (unpaired) electrons. The summed E-state index contributed by atoms with van der Waals surface area (Å²) >= 11 is 0. The van der Waals surface area contributed by atoms with Crippen molar-refractivity contribution in [3.8, 4) is 17.2 Å². The van der Waals surface area contributed by atoms with Crippen molar-refractivity contribution in [2.45, 2.75) is 81.0 Å². The van der Waals surface area contributed by atoms with Crippen molar-refractivity contribution >= 4 is 11.8 Å². The lowest BCUT2D eigenvalue weighted by Gasteiger charge is -2.27. The lowest BCUT2D eigenvalue weighted by Crippen LogP contribution is -2.36. The van der Waals surface area contributed by atoms with E-state index in [2.05, 4.69) is 26.0 Å². The number of benzene rings is 2. The van der Waals surface area contributed by atoms with Gasteiger partial charge in [-0.2, -0.15) is 0 Å². The third kappa shape index (κ3) is 6.66. The number of hydrogen-bond donors (Lipinski definition) is 1. The number of carbonyl (C=O) groups excluding carboxylic acids is 1. The normalized spacial score (nSPS) is 11.7. The van der Waals surface area contributed by atoms with E-state index >= 15 is 0 Å². The Labute approximate surface area is 219 Å². The summed E-state index contributed by atoms with van der Waals surface area (Å²) in [6, 6.07) is 8.16. The highest BCUT2D eigenvalue weighted by Gasteiger charge is 2.27. The van der Waals surface area contributed by atoms with Gasteiger partial charge in [-0.15, -0.1) is 0 Å². The van der Waals surface area contributed by atoms with Crippen molar-refractivity contribution < 1.29 is 23.8 Å². The highest BCUT2D eigenvalue weighted by Crippen LogP contribution is 2.31. The van der Waals surface area contributed by atoms with Gasteiger partial charge < -0.3 is 14.3 Å². The molecule has 0 amide bonds. The maximum atomic E-state index is 12.0. The molecule has 198 valence electrons. The molecular weight excluding hydrogens is 468 g/mol. The molecule has 7 nitrogen and oxygen atoms in total. The number of carboxylic acids is 1. The summed E-state index contributed by atoms with van der Waals surface area (Å²) in [7, 11) is 0. The average Bonchev–Trinajstić information content (AvgIpc) is 3.12. The third-order valence-corrected chi connectivity index (χ3v) is 6.83. The van der Waals surface area contributed by atoms with Gasteiger partial charge in [0.2, 0.25) is 5.89 Å². The Balaban J connectivity index is 1.87. The standard InChI is InChI=1S/C30H38N2O5/c1-17-10-19(3)25(13-18(17)2)29-31-26(22(6)36-29)15-32(16-27(34)35)14-24-11-20(4)28(21(5)12-24)37-30(8,9)23(7)33/h10-13H,14-16H2,1-9H3,(H,34,35). The topological polar surface area (TPSA) is 92.9 Å². The van der Waals surface area contributed by atoms with E-state index in [0.29, 0.717) is 36.2 Å². The number of hydrogen-bond acceptors (Lipinski definition) is 6. The number of ether oxygens (including phenoxy) is 1. The number of rotatable bonds is 10. The summed E-state index contributed by atoms with van der Waals surface area (Å²) in [6.07, 6.45) is 0. The summed E-state index contributed by atoms with van der Waals surface area (Å²) < 4.78 is 12.1. The predicted molar refractivity (Wildman–Crippen MR) is 144 cm³/mol. The van der Waals surface area contributed by atoms with Crippen molar-refractivity contribution in [3.63, 3.8) is 0 Å². The first-order chi connectivity index (χ1) is 17.2. The van der Waals surface area contributed by atoms with Crippen LogP contribution in [0.1, 0.15) is 65.6 Å². The van der Waals surface area contributed by atoms with Crippen LogP contribution < -0.4 is 4.74 Å². The molecular formula is C30H38N2O5. The van der Waals surface area contributed by atoms with Gasteiger partial charge >= 0.3 is 5.97 Å². The van der Waals surface area contributed by atoms with Gasteiger partial charge in [0, 0.05) is 18.7 Å². The number of nitrogens with zero attached hydrogens (tertiary/aromatic N) is 2. The van der Waals surface area contributed by atoms with E-state index in [-0.39, 0.29) is 12.3 Å². The molecule has 0 aliphatic heterocycles. The van der Waals surface area contributed by atoms with Crippen molar-refractivity contribution in [1.29, 1.82) is 0 Å². The molecule has 0 saturated carbocycles. The Hall–Kier alpha value is -3.45. The maximum Gasteiger partial charge on any atom is 0.317 e. The smallest absolute Gasteiger partial charge is 0.317 e. The molecule has 0 aliphatic carbocycles. The van der Waals surface area contributed by atoms with Crippen LogP contribution in [-0.4, -0.2) is 38.9 Å². The van der Waals surface area contributed by atoms with Crippen LogP contribution in [0.2, 0.25) is 0 Å². The minimum atomic E-state index is -0.928. The van der Waals surface area contributed by atoms with Gasteiger partial charge in [-0.25, -0.2) is 4.98 Å². The van der Waals surface area contributed by atoms with E-state index < -0.39 is 11.6 Å². The number of oxazole rings is 1. The first kappa shape index (κ1) is 28.1. The van der Waals surface area contributed by atoms with E-state index in [1.807, 2.05) is 44.7 Å². The SMILES string of the molecule is CC(=O)C(C)(C)Oc1c(C)cc(CN(CC(=O)O)Cc2nc(-c3cc(C)c(C)cc3C)oc2C)cc1C. The van der Waals surface area contributed by atoms with Gasteiger partial charge in [0.15, 0.2) is 11.4 Å². The fraction of sp³-hybridized carbons (Fsp3) is 0.433. The highest BCUT2D eigenvalue weighted by molar-refractivity contribution is 5.84. The summed E-state index contributed by atoms with van der Waals surface area (Å²) in [5.74, 6) is 0.925. The molecule has 1 aromatic heterocycles. The van der Waals surface area contributed by atoms with Crippen LogP contribution in [-0.2, 0) is 22.7 Å². The van der Waals surface area contributed by atoms with Crippen LogP contribution in [0.25, 0.3) is 11.5 Å². The van der Waals surface area contributed by atoms with Crippen molar-refractivity contribution in [2.75, 3.05) is 6.54 Å². The number of aromatic nitrogens is 1. The minimum absolute atomic E-state index is 0.0543. The number of carbonyl (C=O) groups is 2. The molecule has 0 unspecified atom stereocenters. The van der Waals surface area contributed by atoms with Gasteiger partial charge in [0.05, 0.1) is 12.2 Å². The van der Waals surface area contributed by atoms with Crippen molar-refractivity contribution in [2.24, 2.45) is 0 Å². The lowest BCUT2D eigenvalue weighted by molar-refractivity contribution is -0.138. The molecule has 2 aromatic carbocycles. The zero-order valence-electron chi connectivity index (χ0n) is 23.4. The fourth-order valence-electron chi connectivity index (χ4n) is 4.33. The van der Waals surface area contributed by atoms with Crippen LogP contribution in [0.15, 0.2) is 28.7 Å². The molecule has 0 bridgehead atoms. The molecule has 0 saturated heterocycles. The molecule has 3 rings (SSSR count). The van der Waals surface area contributed by atoms with E-state index in [9.17, 15) is 14.7 Å². The second kappa shape index (κ2) is 10.9. The van der Waals surface area contributed by atoms with Crippen LogP contribution in [0, 0.1) is 41.5 Å². The fourth-order valence-corrected chi connectivity index (χ4v) is 4.33. The molecule has 0 fully saturated rings. The van der Waals surface area contributed by atoms with Gasteiger partial charge in [0.1, 0.15) is 11.5 Å². The first-order valence-electron chi connectivity index (χ1n) is 12.5. The van der Waals surface area contributed by atoms with Crippen LogP contribution in [0.3, 0.4) is 0 Å². The summed E-state index contributed by atoms with van der Waals surface area (Å²) in [6.45, 7) is 17.5. The van der Waals surface area contributed by atoms with Gasteiger partial charge in [-0.05, 0) is 102 Å². The second-order valence-corrected chi connectivity index (χ2v) is 10.5. The predicted octanol–water partition coefficient (Wildman–Crippen LogP) is 6.03. The number of aryl methyl sites for hydroxylation is 6. The van der Waals surface area contributed by atoms with Gasteiger partial charge in [-0.3, -0.25) is 14.5 Å². The molecule has 1 N–H and O–H groups in total. The Morgan fingerprint density at radius 2 is 1.51 bits per heavy atom. The molecule has 0 atom stereocenters. The maximum absolute atomic E-state index is 12.0. The number of aliphatic carboxylic acids is 1. The Morgan fingerprint density at radius 3 is 2.08 bits per heavy atom. The van der Waals surface area contributed by atoms with E-state index in [1.165, 1.54) is 12.5 Å². The molecule has 0 spiro atoms. The number of ketones is 1. The van der Waals surface area contributed by atoms with Crippen LogP contribution >= 0.6 is 0 Å². The summed E-state index contributed by atoms with van der Waals surface area (Å²) in [5, 5.41) is 9.58. The molecule has 7 heteroatoms. The zero-order valence-corrected chi connectivity index (χ0v) is 23.4. The third-order valence-electron chi connectivity index (χ3n) is 6.83. The minimum Gasteiger partial charge on any atom is -0.480 e. The van der Waals surface area contributed by atoms with Crippen LogP contribution in [0.5, 0.6) is 5.75 Å². The summed E-state index contributed by atoms with van der Waals surface area (Å²) in [4.78, 5) is 30.2. The monoisotopic (exact) mass is 506 g/mol. The van der Waals surface area contributed by atoms with E-state index in [4.69, 9.17) is 14.1 Å². The van der Waals surface area contributed by atoms with Crippen LogP contribution in [0.4, 0.5) is 0 Å². The number of carboxylic acid groups (broad SMARTS) is 1. The van der Waals surface area contributed by atoms with E-state index in [1.54, 1.807) is 13.8 Å². The van der Waals surface area contributed by atoms with Crippen molar-refractivity contribution in [1.82, 2.24) is 9.88 Å². The Bertz CT molecular complexity index is 1310. The average molecular weight is 507 g/mol. The van der Waals surface area contributed by atoms with E-state index in [0.717, 1.165) is 33.4 Å². The molecule has 37 heavy (non-hydrogen) atoms. The second-order valence-electron chi connectivity index (χ2n) is 10.5. The quantitative estimate of drug-likeness (QED) is 0.359. The first-order valence-corrected chi connectivity index (χ1v) is 12.5. The zero-order chi connectivity index (χ0) is 27.7. The molecule has 1 heterocycles. The van der Waals surface area contributed by atoms with Crippen molar-refractivity contribution in [3.05, 3.63) is 69.1 Å². The Kier molecular flexibility index (Phi) is 8.28. The summed E-state index contributed by atoms with van der Waals surface area (Å²) in [5.41, 5.74) is 6.93. The van der Waals surface area contributed by atoms with Gasteiger partial charge in [-0.1, -0.05) is 18.2 Å².